The molecule has 1 N–H and O–H groups in total. The van der Waals surface area contributed by atoms with Crippen molar-refractivity contribution < 1.29 is 0 Å². The summed E-state index contributed by atoms with van der Waals surface area (Å²) in [5.41, 5.74) is 3.62. The van der Waals surface area contributed by atoms with Gasteiger partial charge in [0.25, 0.3) is 5.56 Å². The Morgan fingerprint density at radius 3 is 2.68 bits per heavy atom. The van der Waals surface area contributed by atoms with E-state index in [-0.39, 0.29) is 11.6 Å². The molecule has 1 aromatic carbocycles. The third-order valence-electron chi connectivity index (χ3n) is 3.42. The van der Waals surface area contributed by atoms with Gasteiger partial charge in [0.2, 0.25) is 0 Å². The lowest BCUT2D eigenvalue weighted by Gasteiger charge is -2.18. The maximum atomic E-state index is 11.7. The highest BCUT2D eigenvalue weighted by Gasteiger charge is 2.11. The number of aromatic nitrogens is 2. The molecule has 19 heavy (non-hydrogen) atoms. The minimum Gasteiger partial charge on any atom is -0.311 e. The van der Waals surface area contributed by atoms with Gasteiger partial charge in [-0.05, 0) is 43.7 Å². The Balaban J connectivity index is 2.28. The lowest BCUT2D eigenvalue weighted by Crippen LogP contribution is -2.29. The number of benzene rings is 1. The van der Waals surface area contributed by atoms with Crippen molar-refractivity contribution >= 4 is 0 Å². The van der Waals surface area contributed by atoms with Gasteiger partial charge in [-0.3, -0.25) is 4.79 Å². The quantitative estimate of drug-likeness (QED) is 0.909. The molecule has 0 amide bonds. The zero-order valence-electron chi connectivity index (χ0n) is 11.6. The second kappa shape index (κ2) is 5.80. The molecule has 1 atom stereocenters. The van der Waals surface area contributed by atoms with Crippen LogP contribution in [0.3, 0.4) is 0 Å². The summed E-state index contributed by atoms with van der Waals surface area (Å²) in [6.07, 6.45) is 1.63. The number of nitrogens with one attached hydrogen (secondary N) is 1. The Labute approximate surface area is 113 Å². The molecule has 4 nitrogen and oxygen atoms in total. The van der Waals surface area contributed by atoms with Gasteiger partial charge in [0.1, 0.15) is 0 Å². The zero-order chi connectivity index (χ0) is 13.8. The van der Waals surface area contributed by atoms with Crippen molar-refractivity contribution in [2.24, 2.45) is 0 Å². The molecule has 2 rings (SSSR count). The molecule has 1 unspecified atom stereocenters. The van der Waals surface area contributed by atoms with Crippen LogP contribution in [0.4, 0.5) is 0 Å². The van der Waals surface area contributed by atoms with Crippen LogP contribution >= 0.6 is 0 Å². The number of hydrogen-bond donors (Lipinski definition) is 1. The van der Waals surface area contributed by atoms with Gasteiger partial charge >= 0.3 is 0 Å². The molecule has 1 heterocycles. The van der Waals surface area contributed by atoms with Gasteiger partial charge < -0.3 is 5.32 Å². The summed E-state index contributed by atoms with van der Waals surface area (Å²) in [6.45, 7) is 4.72. The summed E-state index contributed by atoms with van der Waals surface area (Å²) in [5.74, 6) is 0. The van der Waals surface area contributed by atoms with E-state index in [4.69, 9.17) is 0 Å². The molecular formula is C15H19N3O. The number of hydrogen-bond acceptors (Lipinski definition) is 3. The summed E-state index contributed by atoms with van der Waals surface area (Å²) in [4.78, 5) is 11.7. The van der Waals surface area contributed by atoms with Crippen LogP contribution in [0.2, 0.25) is 0 Å². The first-order valence-electron chi connectivity index (χ1n) is 6.38. The van der Waals surface area contributed by atoms with Crippen LogP contribution in [-0.4, -0.2) is 16.8 Å². The van der Waals surface area contributed by atoms with Crippen molar-refractivity contribution in [1.82, 2.24) is 15.1 Å². The van der Waals surface area contributed by atoms with E-state index < -0.39 is 0 Å². The predicted molar refractivity (Wildman–Crippen MR) is 76.2 cm³/mol. The molecule has 100 valence electrons. The van der Waals surface area contributed by atoms with Gasteiger partial charge in [-0.25, -0.2) is 4.68 Å². The number of aryl methyl sites for hydroxylation is 2. The topological polar surface area (TPSA) is 46.9 Å². The van der Waals surface area contributed by atoms with Crippen molar-refractivity contribution in [3.63, 3.8) is 0 Å². The van der Waals surface area contributed by atoms with Gasteiger partial charge in [-0.2, -0.15) is 5.10 Å². The van der Waals surface area contributed by atoms with E-state index in [0.29, 0.717) is 6.54 Å². The maximum absolute atomic E-state index is 11.7. The van der Waals surface area contributed by atoms with E-state index in [9.17, 15) is 4.79 Å². The SMILES string of the molecule is CNC(Cn1ncccc1=O)c1ccc(C)c(C)c1. The van der Waals surface area contributed by atoms with Gasteiger partial charge in [0, 0.05) is 12.3 Å². The summed E-state index contributed by atoms with van der Waals surface area (Å²) < 4.78 is 1.48. The van der Waals surface area contributed by atoms with Gasteiger partial charge in [0.05, 0.1) is 12.6 Å². The van der Waals surface area contributed by atoms with Crippen LogP contribution in [0, 0.1) is 13.8 Å². The van der Waals surface area contributed by atoms with Crippen LogP contribution in [0.15, 0.2) is 41.3 Å². The van der Waals surface area contributed by atoms with E-state index in [1.165, 1.54) is 27.4 Å². The summed E-state index contributed by atoms with van der Waals surface area (Å²) in [7, 11) is 1.90. The average molecular weight is 257 g/mol. The van der Waals surface area contributed by atoms with Crippen molar-refractivity contribution in [3.05, 3.63) is 63.6 Å². The highest BCUT2D eigenvalue weighted by atomic mass is 16.1. The molecule has 0 aliphatic heterocycles. The first kappa shape index (κ1) is 13.5. The average Bonchev–Trinajstić information content (AvgIpc) is 2.41. The summed E-state index contributed by atoms with van der Waals surface area (Å²) in [6, 6.07) is 9.62. The van der Waals surface area contributed by atoms with Crippen LogP contribution in [0.5, 0.6) is 0 Å². The minimum absolute atomic E-state index is 0.0758. The molecule has 0 spiro atoms. The number of nitrogens with zero attached hydrogens (tertiary/aromatic N) is 2. The number of rotatable bonds is 4. The molecule has 1 aromatic heterocycles. The van der Waals surface area contributed by atoms with Crippen molar-refractivity contribution in [2.45, 2.75) is 26.4 Å². The third-order valence-corrected chi connectivity index (χ3v) is 3.42. The monoisotopic (exact) mass is 257 g/mol. The van der Waals surface area contributed by atoms with Gasteiger partial charge in [-0.15, -0.1) is 0 Å². The van der Waals surface area contributed by atoms with Crippen LogP contribution in [0.1, 0.15) is 22.7 Å². The molecule has 0 aliphatic rings. The first-order valence-corrected chi connectivity index (χ1v) is 6.38. The van der Waals surface area contributed by atoms with E-state index in [1.54, 1.807) is 12.3 Å². The second-order valence-corrected chi connectivity index (χ2v) is 4.73. The van der Waals surface area contributed by atoms with E-state index in [1.807, 2.05) is 7.05 Å². The molecule has 0 saturated carbocycles. The van der Waals surface area contributed by atoms with Gasteiger partial charge in [-0.1, -0.05) is 18.2 Å². The Hall–Kier alpha value is -1.94. The van der Waals surface area contributed by atoms with Gasteiger partial charge in [0.15, 0.2) is 0 Å². The highest BCUT2D eigenvalue weighted by molar-refractivity contribution is 5.31. The predicted octanol–water partition coefficient (Wildman–Crippen LogP) is 1.82. The lowest BCUT2D eigenvalue weighted by molar-refractivity contribution is 0.452. The van der Waals surface area contributed by atoms with Crippen molar-refractivity contribution in [3.8, 4) is 0 Å². The van der Waals surface area contributed by atoms with Crippen LogP contribution in [-0.2, 0) is 6.54 Å². The van der Waals surface area contributed by atoms with E-state index in [2.05, 4.69) is 42.5 Å². The fourth-order valence-electron chi connectivity index (χ4n) is 2.04. The van der Waals surface area contributed by atoms with Crippen LogP contribution in [0.25, 0.3) is 0 Å². The Kier molecular flexibility index (Phi) is 4.12. The molecule has 0 aliphatic carbocycles. The highest BCUT2D eigenvalue weighted by Crippen LogP contribution is 2.17. The normalized spacial score (nSPS) is 12.4. The molecule has 0 fully saturated rings. The molecular weight excluding hydrogens is 238 g/mol. The maximum Gasteiger partial charge on any atom is 0.266 e. The standard InChI is InChI=1S/C15H19N3O/c1-11-6-7-13(9-12(11)2)14(16-3)10-18-15(19)5-4-8-17-18/h4-9,14,16H,10H2,1-3H3. The molecule has 0 saturated heterocycles. The number of likely N-dealkylation sites (N-methyl/N-ethyl adjacent to an activating group) is 1. The molecule has 2 aromatic rings. The molecule has 0 bridgehead atoms. The fourth-order valence-corrected chi connectivity index (χ4v) is 2.04. The first-order chi connectivity index (χ1) is 9.11. The smallest absolute Gasteiger partial charge is 0.266 e. The van der Waals surface area contributed by atoms with Crippen molar-refractivity contribution in [2.75, 3.05) is 7.05 Å². The Morgan fingerprint density at radius 2 is 2.05 bits per heavy atom. The minimum atomic E-state index is -0.0772. The lowest BCUT2D eigenvalue weighted by atomic mass is 10.0. The summed E-state index contributed by atoms with van der Waals surface area (Å²) in [5, 5.41) is 7.34. The fraction of sp³-hybridized carbons (Fsp3) is 0.333. The third kappa shape index (κ3) is 3.09. The summed E-state index contributed by atoms with van der Waals surface area (Å²) >= 11 is 0. The Morgan fingerprint density at radius 1 is 1.26 bits per heavy atom. The van der Waals surface area contributed by atoms with Crippen molar-refractivity contribution in [1.29, 1.82) is 0 Å². The molecule has 4 heteroatoms. The zero-order valence-corrected chi connectivity index (χ0v) is 11.6. The van der Waals surface area contributed by atoms with E-state index in [0.717, 1.165) is 0 Å². The Bertz CT molecular complexity index is 619. The largest absolute Gasteiger partial charge is 0.311 e. The molecule has 0 radical (unpaired) electrons. The van der Waals surface area contributed by atoms with Crippen LogP contribution < -0.4 is 10.9 Å². The van der Waals surface area contributed by atoms with E-state index >= 15 is 0 Å². The second-order valence-electron chi connectivity index (χ2n) is 4.73.